The van der Waals surface area contributed by atoms with Gasteiger partial charge in [0.05, 0.1) is 16.9 Å². The number of amides is 1. The Morgan fingerprint density at radius 3 is 2.74 bits per heavy atom. The highest BCUT2D eigenvalue weighted by Crippen LogP contribution is 2.30. The number of carbonyl (C=O) groups excluding carboxylic acids is 1. The van der Waals surface area contributed by atoms with Gasteiger partial charge >= 0.3 is 0 Å². The molecule has 4 rings (SSSR count). The van der Waals surface area contributed by atoms with E-state index in [4.69, 9.17) is 17.3 Å². The summed E-state index contributed by atoms with van der Waals surface area (Å²) >= 11 is 5.68. The van der Waals surface area contributed by atoms with Crippen LogP contribution >= 0.6 is 11.6 Å². The molecule has 0 bridgehead atoms. The fourth-order valence-corrected chi connectivity index (χ4v) is 3.83. The lowest BCUT2D eigenvalue weighted by Gasteiger charge is -2.15. The Kier molecular flexibility index (Phi) is 6.76. The highest BCUT2D eigenvalue weighted by molar-refractivity contribution is 6.30. The van der Waals surface area contributed by atoms with Crippen LogP contribution in [0, 0.1) is 18.6 Å². The van der Waals surface area contributed by atoms with Gasteiger partial charge in [0.25, 0.3) is 5.91 Å². The minimum absolute atomic E-state index is 0.0231. The molecule has 0 saturated heterocycles. The molecular weight excluding hydrogens is 462 g/mol. The molecule has 2 aromatic heterocycles. The molecule has 2 aromatic carbocycles. The number of hydrogen-bond acceptors (Lipinski definition) is 5. The highest BCUT2D eigenvalue weighted by Gasteiger charge is 2.18. The normalized spacial score (nSPS) is 12.1. The number of anilines is 2. The van der Waals surface area contributed by atoms with E-state index in [1.54, 1.807) is 22.7 Å². The van der Waals surface area contributed by atoms with Crippen LogP contribution in [0.15, 0.2) is 48.9 Å². The van der Waals surface area contributed by atoms with Crippen LogP contribution in [-0.4, -0.2) is 32.9 Å². The third-order valence-corrected chi connectivity index (χ3v) is 5.74. The number of hydrogen-bond donors (Lipinski definition) is 3. The zero-order chi connectivity index (χ0) is 24.4. The summed E-state index contributed by atoms with van der Waals surface area (Å²) in [4.78, 5) is 21.2. The van der Waals surface area contributed by atoms with E-state index in [1.807, 2.05) is 19.9 Å². The number of benzene rings is 2. The highest BCUT2D eigenvalue weighted by atomic mass is 35.5. The molecule has 1 amide bonds. The number of fused-ring (bicyclic) bond motifs is 1. The lowest BCUT2D eigenvalue weighted by molar-refractivity contribution is 0.0938. The van der Waals surface area contributed by atoms with Crippen molar-refractivity contribution in [2.75, 3.05) is 11.9 Å². The first-order valence-electron chi connectivity index (χ1n) is 10.6. The van der Waals surface area contributed by atoms with E-state index in [0.29, 0.717) is 41.4 Å². The predicted octanol–water partition coefficient (Wildman–Crippen LogP) is 4.85. The average molecular weight is 485 g/mol. The molecule has 176 valence electrons. The number of aryl methyl sites for hydroxylation is 1. The largest absolute Gasteiger partial charge is 0.350 e. The monoisotopic (exact) mass is 484 g/mol. The molecule has 4 N–H and O–H groups in total. The van der Waals surface area contributed by atoms with Gasteiger partial charge in [0.1, 0.15) is 0 Å². The van der Waals surface area contributed by atoms with E-state index in [2.05, 4.69) is 20.6 Å². The topological polar surface area (TPSA) is 97.3 Å². The molecule has 0 aliphatic carbocycles. The second-order valence-electron chi connectivity index (χ2n) is 7.94. The molecule has 0 aliphatic heterocycles. The van der Waals surface area contributed by atoms with Gasteiger partial charge in [0.15, 0.2) is 23.1 Å². The first kappa shape index (κ1) is 23.6. The number of imidazole rings is 1. The second-order valence-corrected chi connectivity index (χ2v) is 8.35. The second kappa shape index (κ2) is 9.74. The summed E-state index contributed by atoms with van der Waals surface area (Å²) in [6.45, 7) is 4.25. The van der Waals surface area contributed by atoms with Crippen molar-refractivity contribution in [1.82, 2.24) is 19.7 Å². The van der Waals surface area contributed by atoms with Crippen molar-refractivity contribution in [3.8, 4) is 11.3 Å². The van der Waals surface area contributed by atoms with E-state index in [9.17, 15) is 13.6 Å². The van der Waals surface area contributed by atoms with Crippen LogP contribution in [-0.2, 0) is 0 Å². The first-order chi connectivity index (χ1) is 16.3. The third kappa shape index (κ3) is 4.57. The van der Waals surface area contributed by atoms with Crippen molar-refractivity contribution >= 4 is 34.7 Å². The molecule has 0 fully saturated rings. The first-order valence-corrected chi connectivity index (χ1v) is 11.0. The van der Waals surface area contributed by atoms with Crippen LogP contribution in [0.5, 0.6) is 0 Å². The van der Waals surface area contributed by atoms with Crippen LogP contribution in [0.3, 0.4) is 0 Å². The molecule has 1 atom stereocenters. The van der Waals surface area contributed by atoms with Crippen molar-refractivity contribution in [3.63, 3.8) is 0 Å². The fraction of sp³-hybridized carbons (Fsp3) is 0.208. The number of nitrogens with zero attached hydrogens (tertiary/aromatic N) is 3. The summed E-state index contributed by atoms with van der Waals surface area (Å²) < 4.78 is 30.1. The molecule has 0 aliphatic rings. The fourth-order valence-electron chi connectivity index (χ4n) is 3.69. The van der Waals surface area contributed by atoms with Crippen molar-refractivity contribution < 1.29 is 13.6 Å². The van der Waals surface area contributed by atoms with Gasteiger partial charge in [-0.15, -0.1) is 0 Å². The molecule has 10 heteroatoms. The lowest BCUT2D eigenvalue weighted by atomic mass is 10.1. The number of aromatic nitrogens is 3. The molecular formula is C24H23ClF2N6O. The predicted molar refractivity (Wildman–Crippen MR) is 128 cm³/mol. The average Bonchev–Trinajstić information content (AvgIpc) is 3.23. The molecule has 0 spiro atoms. The Bertz CT molecular complexity index is 1370. The van der Waals surface area contributed by atoms with Crippen LogP contribution in [0.25, 0.3) is 16.9 Å². The van der Waals surface area contributed by atoms with E-state index in [-0.39, 0.29) is 22.5 Å². The molecule has 0 saturated carbocycles. The summed E-state index contributed by atoms with van der Waals surface area (Å²) in [5.74, 6) is -1.92. The van der Waals surface area contributed by atoms with Gasteiger partial charge in [0.2, 0.25) is 0 Å². The molecule has 4 aromatic rings. The molecule has 0 radical (unpaired) electrons. The SMILES string of the molecule is Cc1cc(Nc2nccn3c(-c4ccc(Cl)c(F)c4F)cnc23)ccc1C(=O)NC(C)CCN. The van der Waals surface area contributed by atoms with E-state index in [0.717, 1.165) is 5.56 Å². The summed E-state index contributed by atoms with van der Waals surface area (Å²) in [7, 11) is 0. The van der Waals surface area contributed by atoms with E-state index in [1.165, 1.54) is 24.5 Å². The van der Waals surface area contributed by atoms with Crippen molar-refractivity contribution in [1.29, 1.82) is 0 Å². The van der Waals surface area contributed by atoms with Gasteiger partial charge in [-0.3, -0.25) is 9.20 Å². The van der Waals surface area contributed by atoms with Gasteiger partial charge in [-0.25, -0.2) is 18.7 Å². The van der Waals surface area contributed by atoms with E-state index < -0.39 is 11.6 Å². The molecule has 34 heavy (non-hydrogen) atoms. The summed E-state index contributed by atoms with van der Waals surface area (Å²) in [5.41, 5.74) is 8.37. The number of halogens is 3. The Morgan fingerprint density at radius 2 is 2.00 bits per heavy atom. The molecule has 2 heterocycles. The lowest BCUT2D eigenvalue weighted by Crippen LogP contribution is -2.34. The van der Waals surface area contributed by atoms with Crippen LogP contribution in [0.1, 0.15) is 29.3 Å². The third-order valence-electron chi connectivity index (χ3n) is 5.45. The Labute approximate surface area is 200 Å². The van der Waals surface area contributed by atoms with Gasteiger partial charge in [0, 0.05) is 35.2 Å². The number of nitrogens with two attached hydrogens (primary N) is 1. The van der Waals surface area contributed by atoms with Crippen molar-refractivity contribution in [2.45, 2.75) is 26.3 Å². The van der Waals surface area contributed by atoms with Crippen LogP contribution in [0.2, 0.25) is 5.02 Å². The van der Waals surface area contributed by atoms with Gasteiger partial charge in [-0.2, -0.15) is 0 Å². The standard InChI is InChI=1S/C24H23ClF2N6O/c1-13-11-15(3-4-16(13)24(34)31-14(2)7-8-28)32-22-23-30-12-19(33(23)10-9-29-22)17-5-6-18(25)21(27)20(17)26/h3-6,9-12,14H,7-8,28H2,1-2H3,(H,29,32)(H,31,34). The van der Waals surface area contributed by atoms with Crippen LogP contribution in [0.4, 0.5) is 20.3 Å². The zero-order valence-corrected chi connectivity index (χ0v) is 19.3. The van der Waals surface area contributed by atoms with E-state index >= 15 is 0 Å². The van der Waals surface area contributed by atoms with Crippen molar-refractivity contribution in [2.24, 2.45) is 5.73 Å². The summed E-state index contributed by atoms with van der Waals surface area (Å²) in [6, 6.07) is 7.99. The maximum absolute atomic E-state index is 14.5. The minimum Gasteiger partial charge on any atom is -0.350 e. The van der Waals surface area contributed by atoms with Gasteiger partial charge < -0.3 is 16.4 Å². The summed E-state index contributed by atoms with van der Waals surface area (Å²) in [5, 5.41) is 5.82. The zero-order valence-electron chi connectivity index (χ0n) is 18.6. The quantitative estimate of drug-likeness (QED) is 0.326. The minimum atomic E-state index is -1.11. The Balaban J connectivity index is 1.62. The van der Waals surface area contributed by atoms with Crippen LogP contribution < -0.4 is 16.4 Å². The summed E-state index contributed by atoms with van der Waals surface area (Å²) in [6.07, 6.45) is 5.27. The number of carbonyl (C=O) groups is 1. The molecule has 7 nitrogen and oxygen atoms in total. The molecule has 1 unspecified atom stereocenters. The van der Waals surface area contributed by atoms with Gasteiger partial charge in [-0.1, -0.05) is 11.6 Å². The van der Waals surface area contributed by atoms with Gasteiger partial charge in [-0.05, 0) is 62.7 Å². The maximum atomic E-state index is 14.5. The Morgan fingerprint density at radius 1 is 1.21 bits per heavy atom. The number of nitrogens with one attached hydrogen (secondary N) is 2. The maximum Gasteiger partial charge on any atom is 0.251 e. The smallest absolute Gasteiger partial charge is 0.251 e. The van der Waals surface area contributed by atoms with Crippen molar-refractivity contribution in [3.05, 3.63) is 76.7 Å². The Hall–Kier alpha value is -3.56. The number of rotatable bonds is 7.